The fourth-order valence-electron chi connectivity index (χ4n) is 0.471. The van der Waals surface area contributed by atoms with Gasteiger partial charge in [-0.3, -0.25) is 4.79 Å². The Labute approximate surface area is 68.4 Å². The fraction of sp³-hybridized carbons (Fsp3) is 0. The summed E-state index contributed by atoms with van der Waals surface area (Å²) in [5.41, 5.74) is 0. The Bertz CT molecular complexity index is 309. The van der Waals surface area contributed by atoms with Crippen LogP contribution in [0.15, 0.2) is 12.4 Å². The van der Waals surface area contributed by atoms with Crippen LogP contribution in [0.2, 0.25) is 5.02 Å². The third-order valence-corrected chi connectivity index (χ3v) is 1.06. The van der Waals surface area contributed by atoms with E-state index in [2.05, 4.69) is 21.8 Å². The molecule has 4 heteroatoms. The predicted molar refractivity (Wildman–Crippen MR) is 40.0 cm³/mol. The second-order valence-electron chi connectivity index (χ2n) is 1.61. The van der Waals surface area contributed by atoms with Crippen molar-refractivity contribution in [3.8, 4) is 11.8 Å². The maximum absolute atomic E-state index is 9.79. The first-order chi connectivity index (χ1) is 5.33. The van der Waals surface area contributed by atoms with Crippen molar-refractivity contribution in [3.05, 3.63) is 23.2 Å². The highest BCUT2D eigenvalue weighted by atomic mass is 35.5. The van der Waals surface area contributed by atoms with Gasteiger partial charge in [0.05, 0.1) is 17.4 Å². The molecule has 3 nitrogen and oxygen atoms in total. The van der Waals surface area contributed by atoms with Crippen LogP contribution in [-0.4, -0.2) is 16.3 Å². The van der Waals surface area contributed by atoms with E-state index >= 15 is 0 Å². The maximum Gasteiger partial charge on any atom is 0.205 e. The summed E-state index contributed by atoms with van der Waals surface area (Å²) in [6, 6.07) is 0. The van der Waals surface area contributed by atoms with Gasteiger partial charge in [0, 0.05) is 0 Å². The third-order valence-electron chi connectivity index (χ3n) is 0.863. The molecule has 0 unspecified atom stereocenters. The van der Waals surface area contributed by atoms with Crippen LogP contribution in [0.25, 0.3) is 0 Å². The fourth-order valence-corrected chi connectivity index (χ4v) is 0.568. The number of halogens is 1. The van der Waals surface area contributed by atoms with Crippen LogP contribution in [-0.2, 0) is 4.79 Å². The lowest BCUT2D eigenvalue weighted by molar-refractivity contribution is -0.103. The van der Waals surface area contributed by atoms with E-state index in [1.54, 1.807) is 0 Å². The summed E-state index contributed by atoms with van der Waals surface area (Å²) < 4.78 is 0. The third kappa shape index (κ3) is 2.36. The molecule has 0 bridgehead atoms. The molecule has 1 heterocycles. The first-order valence-electron chi connectivity index (χ1n) is 2.75. The number of carbonyl (C=O) groups is 1. The van der Waals surface area contributed by atoms with Crippen LogP contribution in [0.5, 0.6) is 0 Å². The van der Waals surface area contributed by atoms with Gasteiger partial charge in [0.2, 0.25) is 5.82 Å². The van der Waals surface area contributed by atoms with E-state index in [9.17, 15) is 4.79 Å². The summed E-state index contributed by atoms with van der Waals surface area (Å²) in [6.45, 7) is 0. The van der Waals surface area contributed by atoms with Crippen molar-refractivity contribution in [2.75, 3.05) is 0 Å². The van der Waals surface area contributed by atoms with Crippen molar-refractivity contribution in [2.24, 2.45) is 0 Å². The molecule has 0 saturated carbocycles. The number of hydrogen-bond donors (Lipinski definition) is 0. The van der Waals surface area contributed by atoms with E-state index in [1.165, 1.54) is 12.4 Å². The predicted octanol–water partition coefficient (Wildman–Crippen LogP) is 0.680. The highest BCUT2D eigenvalue weighted by molar-refractivity contribution is 6.30. The lowest BCUT2D eigenvalue weighted by atomic mass is 10.5. The maximum atomic E-state index is 9.79. The molecule has 0 aliphatic heterocycles. The largest absolute Gasteiger partial charge is 0.289 e. The van der Waals surface area contributed by atoms with Gasteiger partial charge in [-0.25, -0.2) is 9.97 Å². The number of aromatic nitrogens is 2. The van der Waals surface area contributed by atoms with Crippen molar-refractivity contribution >= 4 is 17.9 Å². The minimum absolute atomic E-state index is 0.293. The highest BCUT2D eigenvalue weighted by Gasteiger charge is 1.88. The topological polar surface area (TPSA) is 42.9 Å². The summed E-state index contributed by atoms with van der Waals surface area (Å²) >= 11 is 5.50. The van der Waals surface area contributed by atoms with Crippen LogP contribution < -0.4 is 0 Å². The number of rotatable bonds is 0. The molecular formula is C7H3ClN2O. The standard InChI is InChI=1S/C7H3ClN2O/c8-6-4-9-7(10-5-6)2-1-3-11/h3-5H. The number of nitrogens with zero attached hydrogens (tertiary/aromatic N) is 2. The number of carbonyl (C=O) groups excluding carboxylic acids is 1. The molecule has 1 aromatic rings. The van der Waals surface area contributed by atoms with E-state index in [0.29, 0.717) is 17.1 Å². The molecule has 0 radical (unpaired) electrons. The van der Waals surface area contributed by atoms with Gasteiger partial charge >= 0.3 is 0 Å². The smallest absolute Gasteiger partial charge is 0.205 e. The van der Waals surface area contributed by atoms with Crippen LogP contribution in [0.4, 0.5) is 0 Å². The Morgan fingerprint density at radius 1 is 1.45 bits per heavy atom. The van der Waals surface area contributed by atoms with E-state index < -0.39 is 0 Å². The van der Waals surface area contributed by atoms with E-state index in [0.717, 1.165) is 0 Å². The van der Waals surface area contributed by atoms with Gasteiger partial charge in [0.15, 0.2) is 6.29 Å². The normalized spacial score (nSPS) is 8.09. The Morgan fingerprint density at radius 2 is 2.09 bits per heavy atom. The summed E-state index contributed by atoms with van der Waals surface area (Å²) in [5, 5.41) is 0.446. The highest BCUT2D eigenvalue weighted by Crippen LogP contribution is 2.01. The van der Waals surface area contributed by atoms with Gasteiger partial charge in [-0.15, -0.1) is 0 Å². The van der Waals surface area contributed by atoms with E-state index in [-0.39, 0.29) is 0 Å². The molecule has 0 N–H and O–H groups in total. The molecule has 0 amide bonds. The monoisotopic (exact) mass is 166 g/mol. The summed E-state index contributed by atoms with van der Waals surface area (Å²) in [5.74, 6) is 4.90. The van der Waals surface area contributed by atoms with Crippen molar-refractivity contribution in [2.45, 2.75) is 0 Å². The molecule has 1 aromatic heterocycles. The molecule has 11 heavy (non-hydrogen) atoms. The lowest BCUT2D eigenvalue weighted by Crippen LogP contribution is -1.85. The van der Waals surface area contributed by atoms with Crippen LogP contribution >= 0.6 is 11.6 Å². The minimum atomic E-state index is 0.293. The minimum Gasteiger partial charge on any atom is -0.289 e. The molecule has 0 aromatic carbocycles. The average Bonchev–Trinajstić information content (AvgIpc) is 2.04. The van der Waals surface area contributed by atoms with Crippen LogP contribution in [0.3, 0.4) is 0 Å². The second-order valence-corrected chi connectivity index (χ2v) is 2.05. The summed E-state index contributed by atoms with van der Waals surface area (Å²) in [4.78, 5) is 17.3. The van der Waals surface area contributed by atoms with Gasteiger partial charge in [-0.1, -0.05) is 11.6 Å². The summed E-state index contributed by atoms with van der Waals surface area (Å²) in [7, 11) is 0. The Morgan fingerprint density at radius 3 is 2.64 bits per heavy atom. The molecule has 0 aliphatic carbocycles. The molecule has 1 rings (SSSR count). The van der Waals surface area contributed by atoms with Gasteiger partial charge in [-0.2, -0.15) is 0 Å². The molecule has 0 atom stereocenters. The zero-order valence-electron chi connectivity index (χ0n) is 5.41. The SMILES string of the molecule is O=CC#Cc1ncc(Cl)cn1. The van der Waals surface area contributed by atoms with Crippen molar-refractivity contribution in [1.29, 1.82) is 0 Å². The Balaban J connectivity index is 2.90. The van der Waals surface area contributed by atoms with Gasteiger partial charge < -0.3 is 0 Å². The van der Waals surface area contributed by atoms with Gasteiger partial charge in [0.25, 0.3) is 0 Å². The molecular weight excluding hydrogens is 164 g/mol. The molecule has 0 aliphatic rings. The zero-order valence-corrected chi connectivity index (χ0v) is 6.17. The lowest BCUT2D eigenvalue weighted by Gasteiger charge is -1.86. The van der Waals surface area contributed by atoms with Gasteiger partial charge in [-0.05, 0) is 11.8 Å². The van der Waals surface area contributed by atoms with Gasteiger partial charge in [0.1, 0.15) is 0 Å². The Hall–Kier alpha value is -1.40. The molecule has 0 spiro atoms. The first kappa shape index (κ1) is 7.70. The second kappa shape index (κ2) is 3.69. The first-order valence-corrected chi connectivity index (χ1v) is 3.13. The van der Waals surface area contributed by atoms with Crippen LogP contribution in [0.1, 0.15) is 5.82 Å². The number of hydrogen-bond acceptors (Lipinski definition) is 3. The molecule has 0 saturated heterocycles. The quantitative estimate of drug-likeness (QED) is 0.421. The van der Waals surface area contributed by atoms with E-state index in [4.69, 9.17) is 11.6 Å². The van der Waals surface area contributed by atoms with Crippen LogP contribution in [0, 0.1) is 11.8 Å². The van der Waals surface area contributed by atoms with Crippen molar-refractivity contribution in [3.63, 3.8) is 0 Å². The zero-order chi connectivity index (χ0) is 8.10. The van der Waals surface area contributed by atoms with Crippen molar-refractivity contribution in [1.82, 2.24) is 9.97 Å². The Kier molecular flexibility index (Phi) is 2.59. The summed E-state index contributed by atoms with van der Waals surface area (Å²) in [6.07, 6.45) is 3.32. The molecule has 0 fully saturated rings. The molecule has 54 valence electrons. The average molecular weight is 167 g/mol. The number of aldehydes is 1. The van der Waals surface area contributed by atoms with E-state index in [1.807, 2.05) is 0 Å². The van der Waals surface area contributed by atoms with Crippen molar-refractivity contribution < 1.29 is 4.79 Å².